The molecule has 8 heteroatoms. The third kappa shape index (κ3) is 4.44. The van der Waals surface area contributed by atoms with Crippen LogP contribution in [-0.2, 0) is 22.6 Å². The molecule has 0 saturated heterocycles. The Labute approximate surface area is 122 Å². The molecule has 0 fully saturated rings. The molecule has 2 aromatic heterocycles. The predicted molar refractivity (Wildman–Crippen MR) is 75.4 cm³/mol. The Morgan fingerprint density at radius 1 is 1.38 bits per heavy atom. The fourth-order valence-corrected chi connectivity index (χ4v) is 1.59. The molecule has 0 aliphatic rings. The lowest BCUT2D eigenvalue weighted by molar-refractivity contribution is -0.145. The minimum Gasteiger partial charge on any atom is -0.469 e. The molecule has 0 bridgehead atoms. The molecule has 21 heavy (non-hydrogen) atoms. The Balaban J connectivity index is 1.86. The molecule has 0 spiro atoms. The molecule has 0 amide bonds. The number of carbonyl (C=O) groups excluding carboxylic acids is 1. The van der Waals surface area contributed by atoms with Crippen molar-refractivity contribution >= 4 is 17.9 Å². The van der Waals surface area contributed by atoms with Gasteiger partial charge < -0.3 is 19.8 Å². The monoisotopic (exact) mass is 291 g/mol. The van der Waals surface area contributed by atoms with Crippen molar-refractivity contribution in [2.24, 2.45) is 0 Å². The summed E-state index contributed by atoms with van der Waals surface area (Å²) in [6.07, 6.45) is 2.29. The maximum absolute atomic E-state index is 11.6. The molecule has 0 saturated carbocycles. The Morgan fingerprint density at radius 2 is 2.19 bits per heavy atom. The van der Waals surface area contributed by atoms with Gasteiger partial charge in [0.15, 0.2) is 12.4 Å². The van der Waals surface area contributed by atoms with Gasteiger partial charge >= 0.3 is 5.97 Å². The van der Waals surface area contributed by atoms with E-state index < -0.39 is 0 Å². The number of hydrogen-bond acceptors (Lipinski definition) is 8. The minimum absolute atomic E-state index is 0.0372. The number of aryl methyl sites for hydroxylation is 1. The van der Waals surface area contributed by atoms with Gasteiger partial charge in [0, 0.05) is 20.5 Å². The van der Waals surface area contributed by atoms with Gasteiger partial charge in [-0.15, -0.1) is 0 Å². The number of nitrogens with two attached hydrogens (primary N) is 1. The molecule has 0 aliphatic heterocycles. The lowest BCUT2D eigenvalue weighted by Crippen LogP contribution is -2.17. The van der Waals surface area contributed by atoms with Crippen LogP contribution >= 0.6 is 0 Å². The largest absolute Gasteiger partial charge is 0.469 e. The summed E-state index contributed by atoms with van der Waals surface area (Å²) in [6.45, 7) is -0.0372. The van der Waals surface area contributed by atoms with Crippen LogP contribution in [0.15, 0.2) is 22.8 Å². The van der Waals surface area contributed by atoms with Crippen molar-refractivity contribution in [1.82, 2.24) is 15.0 Å². The summed E-state index contributed by atoms with van der Waals surface area (Å²) in [7, 11) is 3.57. The molecule has 0 radical (unpaired) electrons. The average molecular weight is 291 g/mol. The molecule has 0 unspecified atom stereocenters. The van der Waals surface area contributed by atoms with Crippen LogP contribution in [0.1, 0.15) is 18.0 Å². The van der Waals surface area contributed by atoms with Gasteiger partial charge in [-0.05, 0) is 12.1 Å². The molecular weight excluding hydrogens is 274 g/mol. The number of hydrogen-bond donors (Lipinski definition) is 1. The molecule has 0 aliphatic carbocycles. The van der Waals surface area contributed by atoms with Crippen molar-refractivity contribution in [1.29, 1.82) is 0 Å². The fraction of sp³-hybridized carbons (Fsp3) is 0.385. The molecule has 8 nitrogen and oxygen atoms in total. The number of anilines is 2. The quantitative estimate of drug-likeness (QED) is 0.778. The van der Waals surface area contributed by atoms with Crippen LogP contribution in [-0.4, -0.2) is 35.0 Å². The third-order valence-electron chi connectivity index (χ3n) is 2.61. The van der Waals surface area contributed by atoms with E-state index in [1.54, 1.807) is 31.3 Å². The lowest BCUT2D eigenvalue weighted by atomic mass is 10.2. The smallest absolute Gasteiger partial charge is 0.306 e. The van der Waals surface area contributed by atoms with Crippen molar-refractivity contribution in [2.75, 3.05) is 24.7 Å². The zero-order valence-corrected chi connectivity index (χ0v) is 11.9. The van der Waals surface area contributed by atoms with Gasteiger partial charge in [0.05, 0.1) is 12.7 Å². The SMILES string of the molecule is CN(C)c1nc(N)nc(COC(=O)CCc2ccco2)n1. The van der Waals surface area contributed by atoms with Crippen molar-refractivity contribution < 1.29 is 13.9 Å². The van der Waals surface area contributed by atoms with Gasteiger partial charge in [-0.25, -0.2) is 0 Å². The summed E-state index contributed by atoms with van der Waals surface area (Å²) in [5.41, 5.74) is 5.58. The summed E-state index contributed by atoms with van der Waals surface area (Å²) in [5, 5.41) is 0. The van der Waals surface area contributed by atoms with Gasteiger partial charge in [-0.3, -0.25) is 4.79 Å². The van der Waals surface area contributed by atoms with Gasteiger partial charge in [0.25, 0.3) is 0 Å². The van der Waals surface area contributed by atoms with E-state index >= 15 is 0 Å². The topological polar surface area (TPSA) is 107 Å². The van der Waals surface area contributed by atoms with E-state index in [-0.39, 0.29) is 24.9 Å². The van der Waals surface area contributed by atoms with Crippen molar-refractivity contribution in [3.63, 3.8) is 0 Å². The van der Waals surface area contributed by atoms with Gasteiger partial charge in [-0.2, -0.15) is 15.0 Å². The van der Waals surface area contributed by atoms with Gasteiger partial charge in [0.2, 0.25) is 11.9 Å². The molecule has 2 heterocycles. The van der Waals surface area contributed by atoms with E-state index in [0.29, 0.717) is 18.2 Å². The minimum atomic E-state index is -0.350. The van der Waals surface area contributed by atoms with Gasteiger partial charge in [-0.1, -0.05) is 0 Å². The van der Waals surface area contributed by atoms with Crippen LogP contribution in [0.4, 0.5) is 11.9 Å². The zero-order valence-electron chi connectivity index (χ0n) is 11.9. The first-order valence-corrected chi connectivity index (χ1v) is 6.40. The fourth-order valence-electron chi connectivity index (χ4n) is 1.59. The predicted octanol–water partition coefficient (Wildman–Crippen LogP) is 0.789. The van der Waals surface area contributed by atoms with Crippen LogP contribution in [0, 0.1) is 0 Å². The summed E-state index contributed by atoms with van der Waals surface area (Å²) >= 11 is 0. The normalized spacial score (nSPS) is 10.4. The number of furan rings is 1. The average Bonchev–Trinajstić information content (AvgIpc) is 2.95. The second kappa shape index (κ2) is 6.69. The van der Waals surface area contributed by atoms with Crippen molar-refractivity contribution in [2.45, 2.75) is 19.4 Å². The second-order valence-electron chi connectivity index (χ2n) is 4.54. The van der Waals surface area contributed by atoms with E-state index in [2.05, 4.69) is 15.0 Å². The first-order chi connectivity index (χ1) is 10.0. The van der Waals surface area contributed by atoms with E-state index in [1.807, 2.05) is 6.07 Å². The van der Waals surface area contributed by atoms with Gasteiger partial charge in [0.1, 0.15) is 5.76 Å². The molecule has 0 aromatic carbocycles. The zero-order chi connectivity index (χ0) is 15.2. The molecule has 112 valence electrons. The van der Waals surface area contributed by atoms with E-state index in [4.69, 9.17) is 14.9 Å². The van der Waals surface area contributed by atoms with Crippen LogP contribution in [0.5, 0.6) is 0 Å². The maximum Gasteiger partial charge on any atom is 0.306 e. The highest BCUT2D eigenvalue weighted by Gasteiger charge is 2.10. The number of carbonyl (C=O) groups is 1. The number of ether oxygens (including phenoxy) is 1. The Kier molecular flexibility index (Phi) is 4.70. The van der Waals surface area contributed by atoms with Crippen LogP contribution in [0.3, 0.4) is 0 Å². The van der Waals surface area contributed by atoms with Crippen molar-refractivity contribution in [3.05, 3.63) is 30.0 Å². The molecule has 2 rings (SSSR count). The highest BCUT2D eigenvalue weighted by Crippen LogP contribution is 2.08. The standard InChI is InChI=1S/C13H17N5O3/c1-18(2)13-16-10(15-12(14)17-13)8-21-11(19)6-5-9-4-3-7-20-9/h3-4,7H,5-6,8H2,1-2H3,(H2,14,15,16,17). The third-order valence-corrected chi connectivity index (χ3v) is 2.61. The Bertz CT molecular complexity index is 598. The summed E-state index contributed by atoms with van der Waals surface area (Å²) in [4.78, 5) is 25.4. The molecule has 0 atom stereocenters. The van der Waals surface area contributed by atoms with E-state index in [9.17, 15) is 4.79 Å². The lowest BCUT2D eigenvalue weighted by Gasteiger charge is -2.11. The highest BCUT2D eigenvalue weighted by molar-refractivity contribution is 5.69. The molecule has 2 aromatic rings. The number of aromatic nitrogens is 3. The highest BCUT2D eigenvalue weighted by atomic mass is 16.5. The van der Waals surface area contributed by atoms with E-state index in [1.165, 1.54) is 0 Å². The molecule has 2 N–H and O–H groups in total. The number of nitrogens with zero attached hydrogens (tertiary/aromatic N) is 4. The van der Waals surface area contributed by atoms with Crippen LogP contribution in [0.25, 0.3) is 0 Å². The van der Waals surface area contributed by atoms with Crippen LogP contribution in [0.2, 0.25) is 0 Å². The number of rotatable bonds is 6. The summed E-state index contributed by atoms with van der Waals surface area (Å²) in [6, 6.07) is 3.58. The first kappa shape index (κ1) is 14.8. The maximum atomic E-state index is 11.6. The first-order valence-electron chi connectivity index (χ1n) is 6.40. The second-order valence-corrected chi connectivity index (χ2v) is 4.54. The van der Waals surface area contributed by atoms with Crippen LogP contribution < -0.4 is 10.6 Å². The Morgan fingerprint density at radius 3 is 2.86 bits per heavy atom. The number of nitrogen functional groups attached to an aromatic ring is 1. The number of esters is 1. The van der Waals surface area contributed by atoms with Crippen molar-refractivity contribution in [3.8, 4) is 0 Å². The van der Waals surface area contributed by atoms with E-state index in [0.717, 1.165) is 5.76 Å². The molecular formula is C13H17N5O3. The summed E-state index contributed by atoms with van der Waals surface area (Å²) < 4.78 is 10.3. The Hall–Kier alpha value is -2.64. The summed E-state index contributed by atoms with van der Waals surface area (Å²) in [5.74, 6) is 1.22.